The first-order chi connectivity index (χ1) is 26.4. The lowest BCUT2D eigenvalue weighted by Gasteiger charge is -2.41. The third-order valence-electron chi connectivity index (χ3n) is 12.7. The summed E-state index contributed by atoms with van der Waals surface area (Å²) in [5, 5.41) is 12.2. The molecule has 0 unspecified atom stereocenters. The van der Waals surface area contributed by atoms with Crippen molar-refractivity contribution in [3.8, 4) is 11.1 Å². The SMILES string of the molecule is CC(C)(C)c1cc([Si](c2ccccc2)(c2ccccc2)c2cccc3c2Cc2ccccc2[Si]3(C)C)ccc1-c1cccc2c1Sc1ccccc1[Si]2(C)C. The highest BCUT2D eigenvalue weighted by atomic mass is 32.2. The van der Waals surface area contributed by atoms with E-state index in [0.717, 1.165) is 6.42 Å². The largest absolute Gasteiger partial charge is 0.179 e. The molecule has 0 fully saturated rings. The summed E-state index contributed by atoms with van der Waals surface area (Å²) in [7, 11) is -6.73. The average molecular weight is 779 g/mol. The van der Waals surface area contributed by atoms with Gasteiger partial charge in [-0.25, -0.2) is 0 Å². The van der Waals surface area contributed by atoms with E-state index in [4.69, 9.17) is 0 Å². The molecule has 2 heterocycles. The molecule has 9 rings (SSSR count). The minimum absolute atomic E-state index is 0.0876. The van der Waals surface area contributed by atoms with Crippen molar-refractivity contribution in [3.05, 3.63) is 180 Å². The van der Waals surface area contributed by atoms with Gasteiger partial charge < -0.3 is 0 Å². The molecule has 0 saturated heterocycles. The Morgan fingerprint density at radius 2 is 1.05 bits per heavy atom. The van der Waals surface area contributed by atoms with Gasteiger partial charge in [0.1, 0.15) is 16.1 Å². The Balaban J connectivity index is 1.35. The maximum Gasteiger partial charge on any atom is 0.179 e. The monoisotopic (exact) mass is 778 g/mol. The first kappa shape index (κ1) is 36.2. The van der Waals surface area contributed by atoms with Crippen molar-refractivity contribution in [2.45, 2.75) is 68.6 Å². The Morgan fingerprint density at radius 1 is 0.491 bits per heavy atom. The lowest BCUT2D eigenvalue weighted by atomic mass is 9.82. The summed E-state index contributed by atoms with van der Waals surface area (Å²) >= 11 is 1.98. The van der Waals surface area contributed by atoms with E-state index in [0.29, 0.717) is 0 Å². The van der Waals surface area contributed by atoms with Crippen LogP contribution in [0.5, 0.6) is 0 Å². The summed E-state index contributed by atoms with van der Waals surface area (Å²) in [6.07, 6.45) is 0.977. The van der Waals surface area contributed by atoms with Crippen LogP contribution in [-0.2, 0) is 11.8 Å². The van der Waals surface area contributed by atoms with E-state index >= 15 is 0 Å². The molecule has 55 heavy (non-hydrogen) atoms. The van der Waals surface area contributed by atoms with Crippen molar-refractivity contribution in [3.63, 3.8) is 0 Å². The van der Waals surface area contributed by atoms with E-state index in [1.165, 1.54) is 47.6 Å². The van der Waals surface area contributed by atoms with Crippen LogP contribution in [0, 0.1) is 0 Å². The average Bonchev–Trinajstić information content (AvgIpc) is 3.19. The standard InChI is InChI=1S/C51H50SSi3/c1-51(2,3)43-35-39(32-33-40(43)41-25-18-31-49-50(41)52-44-26-15-17-28-48(44)54(49,6)7)55(37-21-10-8-11-22-37,38-23-12-9-13-24-38)47-30-19-29-46-42(47)34-36-20-14-16-27-45(36)53(46,4)5/h8-33,35H,34H2,1-7H3. The second kappa shape index (κ2) is 13.3. The zero-order valence-electron chi connectivity index (χ0n) is 33.2. The lowest BCUT2D eigenvalue weighted by molar-refractivity contribution is 0.592. The predicted octanol–water partition coefficient (Wildman–Crippen LogP) is 8.04. The van der Waals surface area contributed by atoms with Gasteiger partial charge in [0, 0.05) is 9.79 Å². The predicted molar refractivity (Wildman–Crippen MR) is 248 cm³/mol. The molecule has 0 spiro atoms. The summed E-state index contributed by atoms with van der Waals surface area (Å²) in [4.78, 5) is 2.88. The van der Waals surface area contributed by atoms with Gasteiger partial charge in [0.2, 0.25) is 0 Å². The summed E-state index contributed by atoms with van der Waals surface area (Å²) in [6, 6.07) is 63.8. The summed E-state index contributed by atoms with van der Waals surface area (Å²) in [5.74, 6) is 0. The maximum atomic E-state index is 2.66. The second-order valence-electron chi connectivity index (χ2n) is 17.7. The number of fused-ring (bicyclic) bond motifs is 4. The molecule has 0 saturated carbocycles. The third kappa shape index (κ3) is 5.67. The molecule has 2 aliphatic heterocycles. The zero-order valence-corrected chi connectivity index (χ0v) is 37.0. The van der Waals surface area contributed by atoms with Crippen LogP contribution in [0.25, 0.3) is 11.1 Å². The van der Waals surface area contributed by atoms with Crippen molar-refractivity contribution in [1.29, 1.82) is 0 Å². The molecule has 7 aromatic carbocycles. The Labute approximate surface area is 335 Å². The number of benzene rings is 7. The molecule has 0 amide bonds. The molecule has 4 heteroatoms. The number of hydrogen-bond acceptors (Lipinski definition) is 1. The van der Waals surface area contributed by atoms with E-state index in [-0.39, 0.29) is 5.41 Å². The molecule has 0 N–H and O–H groups in total. The van der Waals surface area contributed by atoms with Crippen molar-refractivity contribution < 1.29 is 0 Å². The van der Waals surface area contributed by atoms with Crippen molar-refractivity contribution in [1.82, 2.24) is 0 Å². The van der Waals surface area contributed by atoms with Gasteiger partial charge in [0.05, 0.1) is 0 Å². The third-order valence-corrected chi connectivity index (χ3v) is 26.4. The molecule has 0 radical (unpaired) electrons. The molecule has 0 atom stereocenters. The van der Waals surface area contributed by atoms with Gasteiger partial charge >= 0.3 is 0 Å². The number of hydrogen-bond donors (Lipinski definition) is 0. The second-order valence-corrected chi connectivity index (χ2v) is 31.2. The van der Waals surface area contributed by atoms with Crippen LogP contribution in [0.4, 0.5) is 0 Å². The fourth-order valence-electron chi connectivity index (χ4n) is 9.99. The molecule has 0 nitrogen and oxygen atoms in total. The highest BCUT2D eigenvalue weighted by Crippen LogP contribution is 2.42. The molecule has 0 aliphatic carbocycles. The minimum Gasteiger partial charge on any atom is -0.0897 e. The van der Waals surface area contributed by atoms with E-state index in [9.17, 15) is 0 Å². The molecular weight excluding hydrogens is 729 g/mol. The summed E-state index contributed by atoms with van der Waals surface area (Å²) in [5.41, 5.74) is 7.15. The van der Waals surface area contributed by atoms with Crippen LogP contribution >= 0.6 is 11.8 Å². The van der Waals surface area contributed by atoms with Gasteiger partial charge in [-0.15, -0.1) is 0 Å². The Morgan fingerprint density at radius 3 is 1.75 bits per heavy atom. The van der Waals surface area contributed by atoms with Gasteiger partial charge in [-0.3, -0.25) is 0 Å². The van der Waals surface area contributed by atoms with Crippen LogP contribution in [0.3, 0.4) is 0 Å². The first-order valence-corrected chi connectivity index (χ1v) is 28.6. The fourth-order valence-corrected chi connectivity index (χ4v) is 24.0. The Hall–Kier alpha value is -4.46. The van der Waals surface area contributed by atoms with Gasteiger partial charge in [-0.05, 0) is 76.8 Å². The molecule has 0 aromatic heterocycles. The van der Waals surface area contributed by atoms with Gasteiger partial charge in [0.25, 0.3) is 0 Å². The molecule has 0 bridgehead atoms. The van der Waals surface area contributed by atoms with Gasteiger partial charge in [-0.1, -0.05) is 227 Å². The Bertz CT molecular complexity index is 2540. The molecule has 2 aliphatic rings. The Kier molecular flexibility index (Phi) is 8.78. The van der Waals surface area contributed by atoms with Gasteiger partial charge in [0.15, 0.2) is 8.07 Å². The van der Waals surface area contributed by atoms with Crippen LogP contribution in [0.2, 0.25) is 26.2 Å². The van der Waals surface area contributed by atoms with Crippen LogP contribution in [0.1, 0.15) is 37.5 Å². The lowest BCUT2D eigenvalue weighted by Crippen LogP contribution is -2.76. The summed E-state index contributed by atoms with van der Waals surface area (Å²) < 4.78 is 0. The zero-order chi connectivity index (χ0) is 38.2. The molecule has 7 aromatic rings. The van der Waals surface area contributed by atoms with E-state index in [2.05, 4.69) is 211 Å². The van der Waals surface area contributed by atoms with E-state index in [1.807, 2.05) is 11.8 Å². The van der Waals surface area contributed by atoms with Crippen LogP contribution in [0.15, 0.2) is 174 Å². The van der Waals surface area contributed by atoms with Gasteiger partial charge in [-0.2, -0.15) is 0 Å². The van der Waals surface area contributed by atoms with E-state index in [1.54, 1.807) is 31.5 Å². The topological polar surface area (TPSA) is 0 Å². The van der Waals surface area contributed by atoms with Crippen molar-refractivity contribution in [2.24, 2.45) is 0 Å². The first-order valence-electron chi connectivity index (χ1n) is 19.8. The summed E-state index contributed by atoms with van der Waals surface area (Å²) in [6.45, 7) is 17.4. The van der Waals surface area contributed by atoms with E-state index < -0.39 is 24.2 Å². The van der Waals surface area contributed by atoms with Crippen LogP contribution in [-0.4, -0.2) is 24.2 Å². The quantitative estimate of drug-likeness (QED) is 0.126. The smallest absolute Gasteiger partial charge is 0.0897 e. The number of rotatable bonds is 5. The minimum atomic E-state index is -2.87. The highest BCUT2D eigenvalue weighted by molar-refractivity contribution is 8.00. The normalized spacial score (nSPS) is 15.3. The maximum absolute atomic E-state index is 2.87. The highest BCUT2D eigenvalue weighted by Gasteiger charge is 2.46. The van der Waals surface area contributed by atoms with Crippen LogP contribution < -0.4 is 41.5 Å². The van der Waals surface area contributed by atoms with Crippen molar-refractivity contribution in [2.75, 3.05) is 0 Å². The molecular formula is C51H50SSi3. The fraction of sp³-hybridized carbons (Fsp3) is 0.176. The molecule has 272 valence electrons. The van der Waals surface area contributed by atoms with Crippen molar-refractivity contribution >= 4 is 77.5 Å².